The number of nitrogens with one attached hydrogen (secondary N) is 2. The highest BCUT2D eigenvalue weighted by molar-refractivity contribution is 5.95. The van der Waals surface area contributed by atoms with Gasteiger partial charge in [0.25, 0.3) is 5.91 Å². The number of hydrogen-bond acceptors (Lipinski definition) is 8. The lowest BCUT2D eigenvalue weighted by atomic mass is 10.0. The monoisotopic (exact) mass is 581 g/mol. The molecule has 1 aromatic carbocycles. The summed E-state index contributed by atoms with van der Waals surface area (Å²) < 4.78 is 32.4. The predicted molar refractivity (Wildman–Crippen MR) is 156 cm³/mol. The molecule has 0 aliphatic carbocycles. The van der Waals surface area contributed by atoms with E-state index in [1.54, 1.807) is 23.9 Å². The van der Waals surface area contributed by atoms with Gasteiger partial charge >= 0.3 is 5.97 Å². The maximum absolute atomic E-state index is 14.6. The summed E-state index contributed by atoms with van der Waals surface area (Å²) in [6, 6.07) is 7.61. The first-order valence-electron chi connectivity index (χ1n) is 14.3. The third kappa shape index (κ3) is 8.28. The second kappa shape index (κ2) is 13.8. The van der Waals surface area contributed by atoms with Gasteiger partial charge in [-0.05, 0) is 69.9 Å². The fourth-order valence-electron chi connectivity index (χ4n) is 4.67. The first-order chi connectivity index (χ1) is 20.1. The number of esters is 1. The lowest BCUT2D eigenvalue weighted by molar-refractivity contribution is -0.143. The van der Waals surface area contributed by atoms with Crippen molar-refractivity contribution in [3.05, 3.63) is 70.4 Å². The average Bonchev–Trinajstić information content (AvgIpc) is 3.37. The Kier molecular flexibility index (Phi) is 10.2. The summed E-state index contributed by atoms with van der Waals surface area (Å²) >= 11 is 0. The van der Waals surface area contributed by atoms with Crippen LogP contribution in [-0.2, 0) is 40.3 Å². The van der Waals surface area contributed by atoms with E-state index in [4.69, 9.17) is 19.2 Å². The van der Waals surface area contributed by atoms with Crippen molar-refractivity contribution in [2.24, 2.45) is 0 Å². The molecule has 3 aromatic rings. The number of benzene rings is 1. The quantitative estimate of drug-likeness (QED) is 0.294. The molecule has 3 heterocycles. The van der Waals surface area contributed by atoms with E-state index in [0.717, 1.165) is 30.9 Å². The molecule has 1 aliphatic heterocycles. The fraction of sp³-hybridized carbons (Fsp3) is 0.484. The Balaban J connectivity index is 1.56. The van der Waals surface area contributed by atoms with Gasteiger partial charge in [0.15, 0.2) is 11.6 Å². The minimum atomic E-state index is -0.844. The van der Waals surface area contributed by atoms with Gasteiger partial charge in [-0.2, -0.15) is 5.10 Å². The van der Waals surface area contributed by atoms with Gasteiger partial charge in [-0.1, -0.05) is 12.1 Å². The van der Waals surface area contributed by atoms with E-state index in [2.05, 4.69) is 21.8 Å². The van der Waals surface area contributed by atoms with Crippen molar-refractivity contribution in [1.29, 1.82) is 0 Å². The van der Waals surface area contributed by atoms with Crippen LogP contribution in [0.25, 0.3) is 0 Å². The largest absolute Gasteiger partial charge is 0.494 e. The van der Waals surface area contributed by atoms with Gasteiger partial charge < -0.3 is 24.8 Å². The van der Waals surface area contributed by atoms with E-state index >= 15 is 0 Å². The Labute approximate surface area is 245 Å². The maximum atomic E-state index is 14.6. The van der Waals surface area contributed by atoms with E-state index < -0.39 is 29.3 Å². The van der Waals surface area contributed by atoms with E-state index in [1.807, 2.05) is 26.8 Å². The summed E-state index contributed by atoms with van der Waals surface area (Å²) in [6.45, 7) is 9.18. The zero-order chi connectivity index (χ0) is 30.3. The van der Waals surface area contributed by atoms with Crippen LogP contribution >= 0.6 is 0 Å². The number of rotatable bonds is 12. The number of methoxy groups -OCH3 is 1. The van der Waals surface area contributed by atoms with Crippen molar-refractivity contribution in [1.82, 2.24) is 20.1 Å². The normalized spacial score (nSPS) is 13.6. The molecule has 1 atom stereocenters. The third-order valence-electron chi connectivity index (χ3n) is 6.83. The van der Waals surface area contributed by atoms with Gasteiger partial charge in [-0.25, -0.2) is 9.37 Å². The number of halogens is 1. The van der Waals surface area contributed by atoms with Crippen molar-refractivity contribution in [3.63, 3.8) is 0 Å². The number of aromatic nitrogens is 3. The van der Waals surface area contributed by atoms with Crippen LogP contribution in [0.15, 0.2) is 36.5 Å². The van der Waals surface area contributed by atoms with Crippen LogP contribution < -0.4 is 15.4 Å². The molecule has 11 heteroatoms. The number of nitrogens with zero attached hydrogens (tertiary/aromatic N) is 3. The van der Waals surface area contributed by atoms with Crippen LogP contribution in [-0.4, -0.2) is 52.5 Å². The number of ether oxygens (including phenoxy) is 3. The molecule has 0 fully saturated rings. The minimum absolute atomic E-state index is 0.0621. The first-order valence-corrected chi connectivity index (χ1v) is 14.3. The highest BCUT2D eigenvalue weighted by Gasteiger charge is 2.25. The Morgan fingerprint density at radius 2 is 2.02 bits per heavy atom. The SMILES string of the molecule is CCOC(=O)C[C@H](NC(=O)c1cn(CCc2ccc3c(n2)NCCC3)nc1COC(C)(C)C)c1ccc(OC)c(F)c1. The molecule has 226 valence electrons. The molecule has 4 rings (SSSR count). The molecule has 2 aromatic heterocycles. The number of hydrogen-bond donors (Lipinski definition) is 2. The van der Waals surface area contributed by atoms with E-state index in [9.17, 15) is 14.0 Å². The average molecular weight is 582 g/mol. The van der Waals surface area contributed by atoms with Gasteiger partial charge in [0.1, 0.15) is 11.5 Å². The molecule has 2 N–H and O–H groups in total. The molecular formula is C31H40FN5O5. The molecule has 42 heavy (non-hydrogen) atoms. The van der Waals surface area contributed by atoms with Crippen LogP contribution in [0.3, 0.4) is 0 Å². The second-order valence-corrected chi connectivity index (χ2v) is 11.2. The van der Waals surface area contributed by atoms with E-state index in [1.165, 1.54) is 24.8 Å². The third-order valence-corrected chi connectivity index (χ3v) is 6.83. The standard InChI is InChI=1S/C31H40FN5O5/c1-6-41-28(38)17-25(21-10-12-27(40-5)24(32)16-21)35-30(39)23-18-37(36-26(23)19-42-31(2,3)4)15-13-22-11-9-20-8-7-14-33-29(20)34-22/h9-12,16,18,25H,6-8,13-15,17,19H2,1-5H3,(H,33,34)(H,35,39)/t25-/m0/s1. The van der Waals surface area contributed by atoms with Crippen LogP contribution in [0.4, 0.5) is 10.2 Å². The molecule has 1 aliphatic rings. The highest BCUT2D eigenvalue weighted by Crippen LogP contribution is 2.26. The summed E-state index contributed by atoms with van der Waals surface area (Å²) in [4.78, 5) is 30.8. The molecule has 0 saturated carbocycles. The molecular weight excluding hydrogens is 541 g/mol. The van der Waals surface area contributed by atoms with Crippen LogP contribution in [0, 0.1) is 5.82 Å². The summed E-state index contributed by atoms with van der Waals surface area (Å²) in [5.74, 6) is -0.585. The number of anilines is 1. The lowest BCUT2D eigenvalue weighted by Crippen LogP contribution is -2.31. The van der Waals surface area contributed by atoms with Gasteiger partial charge in [0.05, 0.1) is 44.0 Å². The zero-order valence-corrected chi connectivity index (χ0v) is 25.0. The second-order valence-electron chi connectivity index (χ2n) is 11.2. The Hall–Kier alpha value is -3.99. The number of amides is 1. The lowest BCUT2D eigenvalue weighted by Gasteiger charge is -2.20. The first kappa shape index (κ1) is 31.0. The van der Waals surface area contributed by atoms with Gasteiger partial charge in [0, 0.05) is 31.4 Å². The topological polar surface area (TPSA) is 117 Å². The number of pyridine rings is 1. The molecule has 0 unspecified atom stereocenters. The van der Waals surface area contributed by atoms with E-state index in [-0.39, 0.29) is 25.4 Å². The summed E-state index contributed by atoms with van der Waals surface area (Å²) in [6.07, 6.45) is 4.23. The smallest absolute Gasteiger partial charge is 0.308 e. The van der Waals surface area contributed by atoms with Gasteiger partial charge in [-0.3, -0.25) is 14.3 Å². The van der Waals surface area contributed by atoms with Crippen molar-refractivity contribution in [2.75, 3.05) is 25.6 Å². The van der Waals surface area contributed by atoms with E-state index in [0.29, 0.717) is 29.8 Å². The maximum Gasteiger partial charge on any atom is 0.308 e. The molecule has 0 saturated heterocycles. The van der Waals surface area contributed by atoms with Crippen molar-refractivity contribution in [3.8, 4) is 5.75 Å². The van der Waals surface area contributed by atoms with Crippen molar-refractivity contribution < 1.29 is 28.2 Å². The zero-order valence-electron chi connectivity index (χ0n) is 25.0. The summed E-state index contributed by atoms with van der Waals surface area (Å²) in [7, 11) is 1.37. The van der Waals surface area contributed by atoms with Crippen molar-refractivity contribution >= 4 is 17.7 Å². The van der Waals surface area contributed by atoms with Crippen molar-refractivity contribution in [2.45, 2.75) is 78.2 Å². The Morgan fingerprint density at radius 3 is 2.74 bits per heavy atom. The predicted octanol–water partition coefficient (Wildman–Crippen LogP) is 4.77. The van der Waals surface area contributed by atoms with Crippen LogP contribution in [0.5, 0.6) is 5.75 Å². The Morgan fingerprint density at radius 1 is 1.21 bits per heavy atom. The number of fused-ring (bicyclic) bond motifs is 1. The molecule has 0 radical (unpaired) electrons. The molecule has 1 amide bonds. The minimum Gasteiger partial charge on any atom is -0.494 e. The Bertz CT molecular complexity index is 1400. The highest BCUT2D eigenvalue weighted by atomic mass is 19.1. The van der Waals surface area contributed by atoms with Gasteiger partial charge in [0.2, 0.25) is 0 Å². The fourth-order valence-corrected chi connectivity index (χ4v) is 4.67. The molecule has 10 nitrogen and oxygen atoms in total. The summed E-state index contributed by atoms with van der Waals surface area (Å²) in [5.41, 5.74) is 2.86. The number of aryl methyl sites for hydroxylation is 3. The van der Waals surface area contributed by atoms with Gasteiger partial charge in [-0.15, -0.1) is 0 Å². The van der Waals surface area contributed by atoms with Crippen LogP contribution in [0.2, 0.25) is 0 Å². The van der Waals surface area contributed by atoms with Crippen LogP contribution in [0.1, 0.15) is 79.5 Å². The summed E-state index contributed by atoms with van der Waals surface area (Å²) in [5, 5.41) is 10.9. The molecule has 0 bridgehead atoms. The number of carbonyl (C=O) groups is 2. The molecule has 0 spiro atoms. The number of carbonyl (C=O) groups excluding carboxylic acids is 2.